The molecule has 186 valence electrons. The number of rotatable bonds is 5. The molecule has 3 atom stereocenters. The fourth-order valence-electron chi connectivity index (χ4n) is 4.60. The minimum absolute atomic E-state index is 0.130. The second kappa shape index (κ2) is 11.2. The summed E-state index contributed by atoms with van der Waals surface area (Å²) in [5.74, 6) is -1.30. The molecule has 2 N–H and O–H groups in total. The normalized spacial score (nSPS) is 22.3. The minimum atomic E-state index is -0.753. The van der Waals surface area contributed by atoms with Crippen LogP contribution in [-0.4, -0.2) is 67.6 Å². The molecule has 2 aliphatic rings. The van der Waals surface area contributed by atoms with Gasteiger partial charge in [-0.15, -0.1) is 0 Å². The molecule has 35 heavy (non-hydrogen) atoms. The van der Waals surface area contributed by atoms with E-state index in [4.69, 9.17) is 9.57 Å². The van der Waals surface area contributed by atoms with Crippen molar-refractivity contribution in [3.8, 4) is 5.75 Å². The molecule has 0 spiro atoms. The first-order chi connectivity index (χ1) is 16.9. The highest BCUT2D eigenvalue weighted by Crippen LogP contribution is 2.26. The Morgan fingerprint density at radius 1 is 0.971 bits per heavy atom. The Labute approximate surface area is 205 Å². The molecule has 0 bridgehead atoms. The summed E-state index contributed by atoms with van der Waals surface area (Å²) in [6, 6.07) is 17.0. The van der Waals surface area contributed by atoms with Crippen LogP contribution in [0.3, 0.4) is 0 Å². The second-order valence-corrected chi connectivity index (χ2v) is 8.94. The number of benzene rings is 2. The van der Waals surface area contributed by atoms with E-state index >= 15 is 0 Å². The zero-order valence-electron chi connectivity index (χ0n) is 20.1. The van der Waals surface area contributed by atoms with Crippen molar-refractivity contribution in [2.24, 2.45) is 5.92 Å². The predicted octanol–water partition coefficient (Wildman–Crippen LogP) is 1.66. The molecule has 0 saturated carbocycles. The van der Waals surface area contributed by atoms with Gasteiger partial charge in [-0.05, 0) is 37.1 Å². The van der Waals surface area contributed by atoms with E-state index in [0.717, 1.165) is 17.0 Å². The van der Waals surface area contributed by atoms with Crippen LogP contribution in [0, 0.1) is 12.8 Å². The number of nitrogens with zero attached hydrogens (tertiary/aromatic N) is 2. The SMILES string of the molecule is CC(=O)ONC(=O)C1CC(Oc2ccccc2C)CNC1C(=O)N1CCN(c2ccccc2)CC1. The monoisotopic (exact) mass is 480 g/mol. The topological polar surface area (TPSA) is 100 Å². The highest BCUT2D eigenvalue weighted by atomic mass is 16.7. The lowest BCUT2D eigenvalue weighted by molar-refractivity contribution is -0.160. The molecular weight excluding hydrogens is 448 g/mol. The number of para-hydroxylation sites is 2. The maximum Gasteiger partial charge on any atom is 0.329 e. The number of anilines is 1. The highest BCUT2D eigenvalue weighted by molar-refractivity contribution is 5.90. The van der Waals surface area contributed by atoms with Gasteiger partial charge in [0.2, 0.25) is 5.91 Å². The number of hydrogen-bond donors (Lipinski definition) is 2. The van der Waals surface area contributed by atoms with E-state index in [-0.39, 0.29) is 12.0 Å². The number of carbonyl (C=O) groups is 3. The number of ether oxygens (including phenoxy) is 1. The summed E-state index contributed by atoms with van der Waals surface area (Å²) >= 11 is 0. The molecule has 2 aromatic carbocycles. The molecule has 3 unspecified atom stereocenters. The third kappa shape index (κ3) is 6.10. The quantitative estimate of drug-likeness (QED) is 0.628. The lowest BCUT2D eigenvalue weighted by Gasteiger charge is -2.41. The summed E-state index contributed by atoms with van der Waals surface area (Å²) in [7, 11) is 0. The highest BCUT2D eigenvalue weighted by Gasteiger charge is 2.42. The number of piperazine rings is 1. The van der Waals surface area contributed by atoms with Gasteiger partial charge in [0.25, 0.3) is 5.91 Å². The van der Waals surface area contributed by atoms with Crippen molar-refractivity contribution in [3.05, 3.63) is 60.2 Å². The van der Waals surface area contributed by atoms with Crippen molar-refractivity contribution in [1.29, 1.82) is 0 Å². The van der Waals surface area contributed by atoms with Crippen molar-refractivity contribution >= 4 is 23.5 Å². The number of hydroxylamine groups is 1. The van der Waals surface area contributed by atoms with E-state index < -0.39 is 23.8 Å². The Hall–Kier alpha value is -3.59. The summed E-state index contributed by atoms with van der Waals surface area (Å²) in [5.41, 5.74) is 4.32. The Morgan fingerprint density at radius 2 is 1.66 bits per heavy atom. The largest absolute Gasteiger partial charge is 0.489 e. The van der Waals surface area contributed by atoms with Crippen molar-refractivity contribution < 1.29 is 24.0 Å². The fourth-order valence-corrected chi connectivity index (χ4v) is 4.60. The van der Waals surface area contributed by atoms with E-state index in [9.17, 15) is 14.4 Å². The van der Waals surface area contributed by atoms with Crippen molar-refractivity contribution in [1.82, 2.24) is 15.7 Å². The Balaban J connectivity index is 1.43. The third-order valence-corrected chi connectivity index (χ3v) is 6.48. The van der Waals surface area contributed by atoms with Crippen molar-refractivity contribution in [3.63, 3.8) is 0 Å². The molecule has 2 aliphatic heterocycles. The average Bonchev–Trinajstić information content (AvgIpc) is 2.89. The van der Waals surface area contributed by atoms with Crippen LogP contribution in [0.4, 0.5) is 5.69 Å². The predicted molar refractivity (Wildman–Crippen MR) is 131 cm³/mol. The molecule has 2 heterocycles. The number of amides is 2. The molecule has 2 saturated heterocycles. The zero-order chi connectivity index (χ0) is 24.8. The lowest BCUT2D eigenvalue weighted by Crippen LogP contribution is -2.62. The number of piperidine rings is 1. The van der Waals surface area contributed by atoms with E-state index in [1.807, 2.05) is 49.4 Å². The van der Waals surface area contributed by atoms with Gasteiger partial charge in [-0.25, -0.2) is 0 Å². The third-order valence-electron chi connectivity index (χ3n) is 6.48. The smallest absolute Gasteiger partial charge is 0.329 e. The molecule has 2 fully saturated rings. The van der Waals surface area contributed by atoms with Crippen LogP contribution in [-0.2, 0) is 19.2 Å². The van der Waals surface area contributed by atoms with Gasteiger partial charge >= 0.3 is 5.97 Å². The van der Waals surface area contributed by atoms with E-state index in [2.05, 4.69) is 27.8 Å². The first-order valence-electron chi connectivity index (χ1n) is 11.9. The zero-order valence-corrected chi connectivity index (χ0v) is 20.1. The fraction of sp³-hybridized carbons (Fsp3) is 0.423. The average molecular weight is 481 g/mol. The summed E-state index contributed by atoms with van der Waals surface area (Å²) < 4.78 is 6.15. The van der Waals surface area contributed by atoms with Gasteiger partial charge in [-0.3, -0.25) is 14.4 Å². The van der Waals surface area contributed by atoms with E-state index in [0.29, 0.717) is 39.1 Å². The molecule has 2 amide bonds. The van der Waals surface area contributed by atoms with Gasteiger partial charge in [0.05, 0.1) is 12.0 Å². The van der Waals surface area contributed by atoms with E-state index in [1.54, 1.807) is 4.90 Å². The van der Waals surface area contributed by atoms with Gasteiger partial charge in [0.15, 0.2) is 0 Å². The van der Waals surface area contributed by atoms with Crippen LogP contribution in [0.25, 0.3) is 0 Å². The van der Waals surface area contributed by atoms with Gasteiger partial charge in [-0.1, -0.05) is 36.4 Å². The van der Waals surface area contributed by atoms with Crippen molar-refractivity contribution in [2.45, 2.75) is 32.4 Å². The number of aryl methyl sites for hydroxylation is 1. The Kier molecular flexibility index (Phi) is 7.87. The number of hydrogen-bond acceptors (Lipinski definition) is 7. The second-order valence-electron chi connectivity index (χ2n) is 8.94. The van der Waals surface area contributed by atoms with Crippen LogP contribution in [0.2, 0.25) is 0 Å². The molecule has 2 aromatic rings. The molecular formula is C26H32N4O5. The lowest BCUT2D eigenvalue weighted by atomic mass is 9.87. The molecule has 0 aliphatic carbocycles. The first-order valence-corrected chi connectivity index (χ1v) is 11.9. The Bertz CT molecular complexity index is 1040. The van der Waals surface area contributed by atoms with Crippen LogP contribution < -0.4 is 20.4 Å². The maximum atomic E-state index is 13.5. The van der Waals surface area contributed by atoms with E-state index in [1.165, 1.54) is 6.92 Å². The molecule has 9 heteroatoms. The van der Waals surface area contributed by atoms with Crippen LogP contribution in [0.5, 0.6) is 5.75 Å². The molecule has 4 rings (SSSR count). The Morgan fingerprint density at radius 3 is 2.34 bits per heavy atom. The molecule has 9 nitrogen and oxygen atoms in total. The van der Waals surface area contributed by atoms with Crippen molar-refractivity contribution in [2.75, 3.05) is 37.6 Å². The summed E-state index contributed by atoms with van der Waals surface area (Å²) in [5, 5.41) is 3.24. The summed E-state index contributed by atoms with van der Waals surface area (Å²) in [6.45, 7) is 6.14. The van der Waals surface area contributed by atoms with Gasteiger partial charge in [0, 0.05) is 45.3 Å². The summed E-state index contributed by atoms with van der Waals surface area (Å²) in [6.07, 6.45) is -0.00222. The summed E-state index contributed by atoms with van der Waals surface area (Å²) in [4.78, 5) is 46.4. The number of nitrogens with one attached hydrogen (secondary N) is 2. The molecule has 0 radical (unpaired) electrons. The minimum Gasteiger partial charge on any atom is -0.489 e. The van der Waals surface area contributed by atoms with Gasteiger partial charge in [0.1, 0.15) is 11.9 Å². The maximum absolute atomic E-state index is 13.5. The van der Waals surface area contributed by atoms with Crippen LogP contribution in [0.1, 0.15) is 18.9 Å². The first kappa shape index (κ1) is 24.5. The molecule has 0 aromatic heterocycles. The van der Waals surface area contributed by atoms with Gasteiger partial charge in [-0.2, -0.15) is 5.48 Å². The van der Waals surface area contributed by atoms with Crippen LogP contribution in [0.15, 0.2) is 54.6 Å². The van der Waals surface area contributed by atoms with Crippen LogP contribution >= 0.6 is 0 Å². The van der Waals surface area contributed by atoms with Gasteiger partial charge < -0.3 is 24.7 Å². The standard InChI is InChI=1S/C26H32N4O5/c1-18-8-6-7-11-23(18)34-21-16-22(25(32)28-35-19(2)31)24(27-17-21)26(33)30-14-12-29(13-15-30)20-9-4-3-5-10-20/h3-11,21-22,24,27H,12-17H2,1-2H3,(H,28,32). The number of carbonyl (C=O) groups excluding carboxylic acids is 3.